The zero-order valence-corrected chi connectivity index (χ0v) is 13.0. The summed E-state index contributed by atoms with van der Waals surface area (Å²) in [5, 5.41) is 13.8. The van der Waals surface area contributed by atoms with Gasteiger partial charge in [0.1, 0.15) is 5.60 Å². The van der Waals surface area contributed by atoms with Gasteiger partial charge in [-0.1, -0.05) is 29.8 Å². The number of rotatable bonds is 6. The summed E-state index contributed by atoms with van der Waals surface area (Å²) in [6, 6.07) is 7.12. The van der Waals surface area contributed by atoms with E-state index in [0.717, 1.165) is 26.1 Å². The van der Waals surface area contributed by atoms with Crippen LogP contribution >= 0.6 is 11.6 Å². The van der Waals surface area contributed by atoms with E-state index >= 15 is 0 Å². The van der Waals surface area contributed by atoms with Gasteiger partial charge in [0.05, 0.1) is 6.54 Å². The van der Waals surface area contributed by atoms with Crippen molar-refractivity contribution >= 4 is 17.5 Å². The SMILES string of the molecule is CC(O)(CNC(=O)CCC1CCOC1)c1ccccc1Cl. The van der Waals surface area contributed by atoms with Crippen LogP contribution < -0.4 is 5.32 Å². The molecule has 0 spiro atoms. The lowest BCUT2D eigenvalue weighted by Gasteiger charge is -2.25. The number of benzene rings is 1. The van der Waals surface area contributed by atoms with Gasteiger partial charge >= 0.3 is 0 Å². The molecule has 0 aromatic heterocycles. The molecule has 2 unspecified atom stereocenters. The van der Waals surface area contributed by atoms with E-state index in [9.17, 15) is 9.90 Å². The number of amides is 1. The lowest BCUT2D eigenvalue weighted by molar-refractivity contribution is -0.122. The summed E-state index contributed by atoms with van der Waals surface area (Å²) in [5.41, 5.74) is -0.555. The molecule has 2 N–H and O–H groups in total. The second-order valence-electron chi connectivity index (χ2n) is 5.80. The molecule has 21 heavy (non-hydrogen) atoms. The lowest BCUT2D eigenvalue weighted by Crippen LogP contribution is -2.38. The molecule has 4 nitrogen and oxygen atoms in total. The Balaban J connectivity index is 1.80. The van der Waals surface area contributed by atoms with Crippen molar-refractivity contribution in [2.24, 2.45) is 5.92 Å². The summed E-state index contributed by atoms with van der Waals surface area (Å²) in [4.78, 5) is 11.9. The first-order chi connectivity index (χ1) is 9.99. The molecule has 0 bridgehead atoms. The van der Waals surface area contributed by atoms with E-state index in [0.29, 0.717) is 22.9 Å². The Morgan fingerprint density at radius 1 is 1.52 bits per heavy atom. The number of aliphatic hydroxyl groups is 1. The highest BCUT2D eigenvalue weighted by atomic mass is 35.5. The fraction of sp³-hybridized carbons (Fsp3) is 0.562. The molecule has 1 aliphatic heterocycles. The van der Waals surface area contributed by atoms with Crippen LogP contribution in [0.15, 0.2) is 24.3 Å². The topological polar surface area (TPSA) is 58.6 Å². The normalized spacial score (nSPS) is 21.0. The molecule has 1 aromatic carbocycles. The van der Waals surface area contributed by atoms with Crippen molar-refractivity contribution in [1.82, 2.24) is 5.32 Å². The van der Waals surface area contributed by atoms with Crippen molar-refractivity contribution in [2.45, 2.75) is 31.8 Å². The van der Waals surface area contributed by atoms with Gasteiger partial charge in [-0.3, -0.25) is 4.79 Å². The molecule has 0 radical (unpaired) electrons. The largest absolute Gasteiger partial charge is 0.384 e. The van der Waals surface area contributed by atoms with Crippen LogP contribution in [0.3, 0.4) is 0 Å². The Bertz CT molecular complexity index is 484. The maximum atomic E-state index is 11.9. The maximum Gasteiger partial charge on any atom is 0.220 e. The standard InChI is InChI=1S/C16H22ClNO3/c1-16(20,13-4-2-3-5-14(13)17)11-18-15(19)7-6-12-8-9-21-10-12/h2-5,12,20H,6-11H2,1H3,(H,18,19). The summed E-state index contributed by atoms with van der Waals surface area (Å²) in [5.74, 6) is 0.439. The number of halogens is 1. The summed E-state index contributed by atoms with van der Waals surface area (Å²) in [6.07, 6.45) is 2.33. The average Bonchev–Trinajstić information content (AvgIpc) is 2.96. The summed E-state index contributed by atoms with van der Waals surface area (Å²) < 4.78 is 5.29. The summed E-state index contributed by atoms with van der Waals surface area (Å²) >= 11 is 6.08. The Hall–Kier alpha value is -1.10. The molecule has 5 heteroatoms. The van der Waals surface area contributed by atoms with Gasteiger partial charge in [-0.2, -0.15) is 0 Å². The molecule has 0 saturated carbocycles. The van der Waals surface area contributed by atoms with Crippen LogP contribution in [0.5, 0.6) is 0 Å². The quantitative estimate of drug-likeness (QED) is 0.848. The molecular weight excluding hydrogens is 290 g/mol. The first-order valence-corrected chi connectivity index (χ1v) is 7.68. The van der Waals surface area contributed by atoms with Gasteiger partial charge in [0.25, 0.3) is 0 Å². The van der Waals surface area contributed by atoms with Crippen LogP contribution in [0.2, 0.25) is 5.02 Å². The second kappa shape index (κ2) is 7.25. The first kappa shape index (κ1) is 16.3. The van der Waals surface area contributed by atoms with E-state index in [2.05, 4.69) is 5.32 Å². The van der Waals surface area contributed by atoms with Crippen molar-refractivity contribution in [3.8, 4) is 0 Å². The van der Waals surface area contributed by atoms with Gasteiger partial charge in [0.15, 0.2) is 0 Å². The minimum atomic E-state index is -1.18. The smallest absolute Gasteiger partial charge is 0.220 e. The molecule has 2 atom stereocenters. The number of hydrogen-bond donors (Lipinski definition) is 2. The van der Waals surface area contributed by atoms with Crippen LogP contribution in [0.1, 0.15) is 31.7 Å². The molecular formula is C16H22ClNO3. The third kappa shape index (κ3) is 4.70. The second-order valence-corrected chi connectivity index (χ2v) is 6.21. The van der Waals surface area contributed by atoms with Crippen LogP contribution in [0, 0.1) is 5.92 Å². The maximum absolute atomic E-state index is 11.9. The fourth-order valence-corrected chi connectivity index (χ4v) is 2.84. The Morgan fingerprint density at radius 3 is 2.95 bits per heavy atom. The highest BCUT2D eigenvalue weighted by Gasteiger charge is 2.26. The molecule has 1 saturated heterocycles. The zero-order valence-electron chi connectivity index (χ0n) is 12.3. The van der Waals surface area contributed by atoms with Gasteiger partial charge < -0.3 is 15.2 Å². The van der Waals surface area contributed by atoms with Crippen LogP contribution in [0.4, 0.5) is 0 Å². The van der Waals surface area contributed by atoms with Crippen molar-refractivity contribution in [1.29, 1.82) is 0 Å². The fourth-order valence-electron chi connectivity index (χ4n) is 2.50. The van der Waals surface area contributed by atoms with Crippen LogP contribution in [0.25, 0.3) is 0 Å². The lowest BCUT2D eigenvalue weighted by atomic mass is 9.95. The molecule has 1 aliphatic rings. The van der Waals surface area contributed by atoms with Gasteiger partial charge in [0, 0.05) is 30.2 Å². The molecule has 1 amide bonds. The number of hydrogen-bond acceptors (Lipinski definition) is 3. The van der Waals surface area contributed by atoms with E-state index in [1.807, 2.05) is 12.1 Å². The monoisotopic (exact) mass is 311 g/mol. The Kier molecular flexibility index (Phi) is 5.62. The number of ether oxygens (including phenoxy) is 1. The molecule has 1 heterocycles. The van der Waals surface area contributed by atoms with Crippen LogP contribution in [-0.4, -0.2) is 30.8 Å². The third-order valence-electron chi connectivity index (χ3n) is 3.89. The minimum absolute atomic E-state index is 0.0470. The van der Waals surface area contributed by atoms with E-state index in [4.69, 9.17) is 16.3 Å². The number of carbonyl (C=O) groups is 1. The van der Waals surface area contributed by atoms with E-state index < -0.39 is 5.60 Å². The summed E-state index contributed by atoms with van der Waals surface area (Å²) in [6.45, 7) is 3.36. The number of carbonyl (C=O) groups excluding carboxylic acids is 1. The van der Waals surface area contributed by atoms with Crippen LogP contribution in [-0.2, 0) is 15.1 Å². The third-order valence-corrected chi connectivity index (χ3v) is 4.22. The van der Waals surface area contributed by atoms with E-state index in [-0.39, 0.29) is 12.5 Å². The number of nitrogens with one attached hydrogen (secondary N) is 1. The molecule has 2 rings (SSSR count). The highest BCUT2D eigenvalue weighted by Crippen LogP contribution is 2.27. The van der Waals surface area contributed by atoms with Gasteiger partial charge in [-0.25, -0.2) is 0 Å². The van der Waals surface area contributed by atoms with Crippen molar-refractivity contribution in [3.63, 3.8) is 0 Å². The average molecular weight is 312 g/mol. The van der Waals surface area contributed by atoms with Gasteiger partial charge in [-0.15, -0.1) is 0 Å². The predicted octanol–water partition coefficient (Wildman–Crippen LogP) is 2.48. The summed E-state index contributed by atoms with van der Waals surface area (Å²) in [7, 11) is 0. The van der Waals surface area contributed by atoms with Gasteiger partial charge in [0.2, 0.25) is 5.91 Å². The van der Waals surface area contributed by atoms with E-state index in [1.165, 1.54) is 0 Å². The van der Waals surface area contributed by atoms with Gasteiger partial charge in [-0.05, 0) is 31.7 Å². The molecule has 0 aliphatic carbocycles. The first-order valence-electron chi connectivity index (χ1n) is 7.31. The minimum Gasteiger partial charge on any atom is -0.384 e. The predicted molar refractivity (Wildman–Crippen MR) is 82.2 cm³/mol. The van der Waals surface area contributed by atoms with Crippen molar-refractivity contribution in [2.75, 3.05) is 19.8 Å². The Morgan fingerprint density at radius 2 is 2.29 bits per heavy atom. The highest BCUT2D eigenvalue weighted by molar-refractivity contribution is 6.31. The van der Waals surface area contributed by atoms with Crippen molar-refractivity contribution < 1.29 is 14.6 Å². The van der Waals surface area contributed by atoms with E-state index in [1.54, 1.807) is 19.1 Å². The zero-order chi connectivity index (χ0) is 15.3. The molecule has 1 aromatic rings. The molecule has 116 valence electrons. The molecule has 1 fully saturated rings. The Labute approximate surface area is 130 Å². The van der Waals surface area contributed by atoms with Crippen molar-refractivity contribution in [3.05, 3.63) is 34.9 Å².